The second kappa shape index (κ2) is 4.39. The quantitative estimate of drug-likeness (QED) is 0.854. The molecule has 0 bridgehead atoms. The minimum atomic E-state index is -0.513. The molecule has 0 heterocycles. The number of phenols is 1. The first-order valence-electron chi connectivity index (χ1n) is 5.85. The number of hydrogen-bond acceptors (Lipinski definition) is 3. The van der Waals surface area contributed by atoms with E-state index in [2.05, 4.69) is 0 Å². The van der Waals surface area contributed by atoms with Crippen LogP contribution in [0, 0.1) is 6.92 Å². The van der Waals surface area contributed by atoms with Crippen LogP contribution < -0.4 is 10.5 Å². The van der Waals surface area contributed by atoms with Crippen molar-refractivity contribution in [1.29, 1.82) is 0 Å². The smallest absolute Gasteiger partial charge is 0.164 e. The Balaban J connectivity index is 2.62. The SMILES string of the molecule is COc1cc(C)c(Cl)c(C2(N)CCCC2)c1O. The Morgan fingerprint density at radius 1 is 1.41 bits per heavy atom. The second-order valence-corrected chi connectivity index (χ2v) is 5.17. The van der Waals surface area contributed by atoms with Crippen LogP contribution in [-0.4, -0.2) is 12.2 Å². The highest BCUT2D eigenvalue weighted by Gasteiger charge is 2.37. The van der Waals surface area contributed by atoms with Gasteiger partial charge >= 0.3 is 0 Å². The Morgan fingerprint density at radius 2 is 2.00 bits per heavy atom. The van der Waals surface area contributed by atoms with E-state index in [0.29, 0.717) is 16.3 Å². The Morgan fingerprint density at radius 3 is 2.53 bits per heavy atom. The van der Waals surface area contributed by atoms with Crippen LogP contribution in [0.3, 0.4) is 0 Å². The van der Waals surface area contributed by atoms with Crippen molar-refractivity contribution in [2.24, 2.45) is 5.73 Å². The minimum Gasteiger partial charge on any atom is -0.504 e. The molecule has 0 spiro atoms. The van der Waals surface area contributed by atoms with Crippen molar-refractivity contribution in [1.82, 2.24) is 0 Å². The summed E-state index contributed by atoms with van der Waals surface area (Å²) in [5, 5.41) is 10.8. The van der Waals surface area contributed by atoms with E-state index in [1.165, 1.54) is 7.11 Å². The molecule has 1 aromatic rings. The molecule has 3 N–H and O–H groups in total. The molecule has 1 saturated carbocycles. The highest BCUT2D eigenvalue weighted by Crippen LogP contribution is 2.48. The summed E-state index contributed by atoms with van der Waals surface area (Å²) in [6, 6.07) is 1.74. The average molecular weight is 256 g/mol. The predicted molar refractivity (Wildman–Crippen MR) is 68.7 cm³/mol. The summed E-state index contributed by atoms with van der Waals surface area (Å²) in [5.74, 6) is 0.533. The summed E-state index contributed by atoms with van der Waals surface area (Å²) in [5.41, 5.74) is 7.39. The van der Waals surface area contributed by atoms with Crippen molar-refractivity contribution in [2.75, 3.05) is 7.11 Å². The van der Waals surface area contributed by atoms with Crippen LogP contribution in [0.25, 0.3) is 0 Å². The van der Waals surface area contributed by atoms with Crippen LogP contribution in [0.5, 0.6) is 11.5 Å². The highest BCUT2D eigenvalue weighted by atomic mass is 35.5. The third-order valence-corrected chi connectivity index (χ3v) is 4.08. The molecule has 1 fully saturated rings. The molecule has 0 amide bonds. The summed E-state index contributed by atoms with van der Waals surface area (Å²) in [6.45, 7) is 1.89. The second-order valence-electron chi connectivity index (χ2n) is 4.80. The van der Waals surface area contributed by atoms with Crippen LogP contribution >= 0.6 is 11.6 Å². The van der Waals surface area contributed by atoms with Crippen LogP contribution in [0.4, 0.5) is 0 Å². The number of benzene rings is 1. The molecular formula is C13H18ClNO2. The van der Waals surface area contributed by atoms with Crippen LogP contribution in [0.2, 0.25) is 5.02 Å². The van der Waals surface area contributed by atoms with E-state index in [1.807, 2.05) is 6.92 Å². The summed E-state index contributed by atoms with van der Waals surface area (Å²) >= 11 is 6.30. The van der Waals surface area contributed by atoms with Crippen molar-refractivity contribution in [2.45, 2.75) is 38.1 Å². The fraction of sp³-hybridized carbons (Fsp3) is 0.538. The fourth-order valence-electron chi connectivity index (χ4n) is 2.62. The zero-order valence-electron chi connectivity index (χ0n) is 10.2. The molecule has 0 atom stereocenters. The maximum atomic E-state index is 10.2. The van der Waals surface area contributed by atoms with Gasteiger partial charge in [0.1, 0.15) is 0 Å². The molecule has 0 radical (unpaired) electrons. The molecule has 1 aromatic carbocycles. The summed E-state index contributed by atoms with van der Waals surface area (Å²) in [7, 11) is 1.53. The number of phenolic OH excluding ortho intramolecular Hbond substituents is 1. The number of aryl methyl sites for hydroxylation is 1. The third kappa shape index (κ3) is 1.98. The summed E-state index contributed by atoms with van der Waals surface area (Å²) in [4.78, 5) is 0. The first-order valence-corrected chi connectivity index (χ1v) is 6.23. The molecule has 3 nitrogen and oxygen atoms in total. The van der Waals surface area contributed by atoms with Crippen LogP contribution in [0.15, 0.2) is 6.07 Å². The molecular weight excluding hydrogens is 238 g/mol. The zero-order chi connectivity index (χ0) is 12.6. The lowest BCUT2D eigenvalue weighted by molar-refractivity contribution is 0.355. The molecule has 0 saturated heterocycles. The number of rotatable bonds is 2. The standard InChI is InChI=1S/C13H18ClNO2/c1-8-7-9(17-2)12(16)10(11(8)14)13(15)5-3-4-6-13/h7,16H,3-6,15H2,1-2H3. The largest absolute Gasteiger partial charge is 0.504 e. The fourth-order valence-corrected chi connectivity index (χ4v) is 2.95. The van der Waals surface area contributed by atoms with E-state index >= 15 is 0 Å². The maximum absolute atomic E-state index is 10.2. The Bertz CT molecular complexity index is 440. The monoisotopic (exact) mass is 255 g/mol. The molecule has 2 rings (SSSR count). The number of methoxy groups -OCH3 is 1. The van der Waals surface area contributed by atoms with E-state index in [9.17, 15) is 5.11 Å². The summed E-state index contributed by atoms with van der Waals surface area (Å²) in [6.07, 6.45) is 3.85. The van der Waals surface area contributed by atoms with Crippen molar-refractivity contribution < 1.29 is 9.84 Å². The average Bonchev–Trinajstić information content (AvgIpc) is 2.71. The molecule has 0 aliphatic heterocycles. The van der Waals surface area contributed by atoms with Gasteiger partial charge in [-0.25, -0.2) is 0 Å². The molecule has 4 heteroatoms. The lowest BCUT2D eigenvalue weighted by atomic mass is 9.87. The van der Waals surface area contributed by atoms with E-state index in [1.54, 1.807) is 6.07 Å². The van der Waals surface area contributed by atoms with Crippen molar-refractivity contribution in [3.05, 3.63) is 22.2 Å². The van der Waals surface area contributed by atoms with Crippen molar-refractivity contribution in [3.8, 4) is 11.5 Å². The Kier molecular flexibility index (Phi) is 3.23. The van der Waals surface area contributed by atoms with Gasteiger partial charge in [-0.1, -0.05) is 24.4 Å². The van der Waals surface area contributed by atoms with Gasteiger partial charge in [0.15, 0.2) is 11.5 Å². The van der Waals surface area contributed by atoms with Crippen molar-refractivity contribution in [3.63, 3.8) is 0 Å². The van der Waals surface area contributed by atoms with Gasteiger partial charge in [0.05, 0.1) is 12.1 Å². The van der Waals surface area contributed by atoms with E-state index in [0.717, 1.165) is 31.2 Å². The predicted octanol–water partition coefficient (Wildman–Crippen LogP) is 3.09. The lowest BCUT2D eigenvalue weighted by Gasteiger charge is -2.27. The number of ether oxygens (including phenoxy) is 1. The lowest BCUT2D eigenvalue weighted by Crippen LogP contribution is -2.33. The normalized spacial score (nSPS) is 18.4. The molecule has 94 valence electrons. The van der Waals surface area contributed by atoms with E-state index < -0.39 is 5.54 Å². The summed E-state index contributed by atoms with van der Waals surface area (Å²) < 4.78 is 5.16. The van der Waals surface area contributed by atoms with Crippen LogP contribution in [0.1, 0.15) is 36.8 Å². The minimum absolute atomic E-state index is 0.0903. The Labute approximate surface area is 107 Å². The topological polar surface area (TPSA) is 55.5 Å². The van der Waals surface area contributed by atoms with Crippen molar-refractivity contribution >= 4 is 11.6 Å². The van der Waals surface area contributed by atoms with Gasteiger partial charge in [-0.15, -0.1) is 0 Å². The number of aromatic hydroxyl groups is 1. The molecule has 17 heavy (non-hydrogen) atoms. The van der Waals surface area contributed by atoms with Gasteiger partial charge in [-0.05, 0) is 31.4 Å². The molecule has 1 aliphatic carbocycles. The first kappa shape index (κ1) is 12.5. The zero-order valence-corrected chi connectivity index (χ0v) is 11.0. The van der Waals surface area contributed by atoms with Gasteiger partial charge in [0.25, 0.3) is 0 Å². The van der Waals surface area contributed by atoms with Gasteiger partial charge in [0, 0.05) is 11.1 Å². The maximum Gasteiger partial charge on any atom is 0.164 e. The molecule has 0 aromatic heterocycles. The molecule has 0 unspecified atom stereocenters. The molecule has 1 aliphatic rings. The van der Waals surface area contributed by atoms with E-state index in [-0.39, 0.29) is 5.75 Å². The Hall–Kier alpha value is -0.930. The van der Waals surface area contributed by atoms with Gasteiger partial charge in [-0.3, -0.25) is 0 Å². The van der Waals surface area contributed by atoms with Gasteiger partial charge in [-0.2, -0.15) is 0 Å². The first-order chi connectivity index (χ1) is 7.99. The van der Waals surface area contributed by atoms with E-state index in [4.69, 9.17) is 22.1 Å². The number of hydrogen-bond donors (Lipinski definition) is 2. The number of halogens is 1. The number of nitrogens with two attached hydrogens (primary N) is 1. The van der Waals surface area contributed by atoms with Gasteiger partial charge in [0.2, 0.25) is 0 Å². The third-order valence-electron chi connectivity index (χ3n) is 3.60. The van der Waals surface area contributed by atoms with Crippen LogP contribution in [-0.2, 0) is 5.54 Å². The highest BCUT2D eigenvalue weighted by molar-refractivity contribution is 6.32. The van der Waals surface area contributed by atoms with Gasteiger partial charge < -0.3 is 15.6 Å².